The Morgan fingerprint density at radius 2 is 0.963 bits per heavy atom. The number of fused-ring (bicyclic) bond motifs is 9. The van der Waals surface area contributed by atoms with Gasteiger partial charge in [0.2, 0.25) is 0 Å². The lowest BCUT2D eigenvalue weighted by Gasteiger charge is -2.03. The summed E-state index contributed by atoms with van der Waals surface area (Å²) in [7, 11) is 0. The van der Waals surface area contributed by atoms with Crippen molar-refractivity contribution in [3.05, 3.63) is 95.1 Å². The molecule has 0 saturated heterocycles. The van der Waals surface area contributed by atoms with E-state index in [-0.39, 0.29) is 0 Å². The van der Waals surface area contributed by atoms with E-state index in [1.807, 2.05) is 0 Å². The SMILES string of the molecule is c1ccc2c(c1)Cc1cc3[nH]c4cc5c(cc4c3cc1-2)-c1ccccc1C5. The van der Waals surface area contributed by atoms with Gasteiger partial charge in [-0.2, -0.15) is 0 Å². The van der Waals surface area contributed by atoms with Crippen LogP contribution in [-0.2, 0) is 12.8 Å². The minimum atomic E-state index is 1.04. The molecule has 0 fully saturated rings. The van der Waals surface area contributed by atoms with Crippen molar-refractivity contribution in [2.45, 2.75) is 12.8 Å². The molecule has 0 bridgehead atoms. The summed E-state index contributed by atoms with van der Waals surface area (Å²) >= 11 is 0. The van der Waals surface area contributed by atoms with Gasteiger partial charge in [0.1, 0.15) is 0 Å². The van der Waals surface area contributed by atoms with E-state index in [4.69, 9.17) is 0 Å². The third-order valence-electron chi connectivity index (χ3n) is 6.42. The van der Waals surface area contributed by atoms with Crippen LogP contribution in [0.25, 0.3) is 44.1 Å². The van der Waals surface area contributed by atoms with Gasteiger partial charge in [-0.1, -0.05) is 48.5 Å². The number of H-pyrrole nitrogens is 1. The van der Waals surface area contributed by atoms with E-state index in [0.29, 0.717) is 0 Å². The number of nitrogens with one attached hydrogen (secondary N) is 1. The van der Waals surface area contributed by atoms with E-state index in [9.17, 15) is 0 Å². The monoisotopic (exact) mass is 343 g/mol. The molecule has 1 heteroatoms. The van der Waals surface area contributed by atoms with Gasteiger partial charge in [-0.05, 0) is 81.6 Å². The van der Waals surface area contributed by atoms with Gasteiger partial charge in [-0.25, -0.2) is 0 Å². The van der Waals surface area contributed by atoms with Crippen molar-refractivity contribution in [3.8, 4) is 22.3 Å². The number of hydrogen-bond donors (Lipinski definition) is 1. The first kappa shape index (κ1) is 13.8. The number of benzene rings is 4. The molecule has 4 aromatic carbocycles. The van der Waals surface area contributed by atoms with E-state index in [2.05, 4.69) is 77.8 Å². The summed E-state index contributed by atoms with van der Waals surface area (Å²) in [4.78, 5) is 3.69. The average molecular weight is 343 g/mol. The second-order valence-electron chi connectivity index (χ2n) is 7.90. The molecule has 2 aliphatic carbocycles. The third kappa shape index (κ3) is 1.74. The molecule has 0 spiro atoms. The number of aromatic nitrogens is 1. The maximum Gasteiger partial charge on any atom is 0.0468 e. The van der Waals surface area contributed by atoms with Gasteiger partial charge in [0, 0.05) is 21.8 Å². The minimum Gasteiger partial charge on any atom is -0.354 e. The van der Waals surface area contributed by atoms with Crippen LogP contribution in [0, 0.1) is 0 Å². The van der Waals surface area contributed by atoms with Gasteiger partial charge in [-0.3, -0.25) is 0 Å². The topological polar surface area (TPSA) is 15.8 Å². The fourth-order valence-electron chi connectivity index (χ4n) is 5.17. The normalized spacial score (nSPS) is 13.6. The molecule has 2 aliphatic rings. The summed E-state index contributed by atoms with van der Waals surface area (Å²) in [5.41, 5.74) is 13.9. The van der Waals surface area contributed by atoms with Gasteiger partial charge in [0.25, 0.3) is 0 Å². The smallest absolute Gasteiger partial charge is 0.0468 e. The molecule has 0 saturated carbocycles. The molecule has 1 aromatic heterocycles. The Kier molecular flexibility index (Phi) is 2.40. The van der Waals surface area contributed by atoms with Crippen molar-refractivity contribution in [2.75, 3.05) is 0 Å². The molecule has 1 heterocycles. The first-order chi connectivity index (χ1) is 13.3. The summed E-state index contributed by atoms with van der Waals surface area (Å²) < 4.78 is 0. The summed E-state index contributed by atoms with van der Waals surface area (Å²) in [5.74, 6) is 0. The van der Waals surface area contributed by atoms with Crippen LogP contribution in [0.4, 0.5) is 0 Å². The molecule has 7 rings (SSSR count). The molecule has 1 N–H and O–H groups in total. The zero-order valence-electron chi connectivity index (χ0n) is 14.8. The van der Waals surface area contributed by atoms with Crippen LogP contribution in [0.5, 0.6) is 0 Å². The van der Waals surface area contributed by atoms with Crippen molar-refractivity contribution in [2.24, 2.45) is 0 Å². The Hall–Kier alpha value is -3.32. The van der Waals surface area contributed by atoms with Gasteiger partial charge < -0.3 is 4.98 Å². The van der Waals surface area contributed by atoms with Crippen molar-refractivity contribution >= 4 is 21.8 Å². The molecular formula is C26H17N. The summed E-state index contributed by atoms with van der Waals surface area (Å²) in [6, 6.07) is 27.2. The first-order valence-corrected chi connectivity index (χ1v) is 9.63. The molecule has 0 amide bonds. The Morgan fingerprint density at radius 3 is 1.48 bits per heavy atom. The number of hydrogen-bond acceptors (Lipinski definition) is 0. The van der Waals surface area contributed by atoms with Gasteiger partial charge in [0.15, 0.2) is 0 Å². The predicted molar refractivity (Wildman–Crippen MR) is 112 cm³/mol. The highest BCUT2D eigenvalue weighted by Crippen LogP contribution is 2.43. The molecule has 0 atom stereocenters. The fraction of sp³-hybridized carbons (Fsp3) is 0.0769. The quantitative estimate of drug-likeness (QED) is 0.325. The Labute approximate surface area is 157 Å². The maximum absolute atomic E-state index is 3.69. The third-order valence-corrected chi connectivity index (χ3v) is 6.42. The average Bonchev–Trinajstić information content (AvgIpc) is 3.34. The molecule has 0 unspecified atom stereocenters. The lowest BCUT2D eigenvalue weighted by Crippen LogP contribution is -1.80. The highest BCUT2D eigenvalue weighted by molar-refractivity contribution is 6.11. The highest BCUT2D eigenvalue weighted by atomic mass is 14.7. The maximum atomic E-state index is 3.69. The Bertz CT molecular complexity index is 1310. The molecule has 126 valence electrons. The second-order valence-corrected chi connectivity index (χ2v) is 7.90. The van der Waals surface area contributed by atoms with Crippen molar-refractivity contribution in [1.82, 2.24) is 4.98 Å². The van der Waals surface area contributed by atoms with E-state index in [1.54, 1.807) is 0 Å². The van der Waals surface area contributed by atoms with Crippen LogP contribution in [0.1, 0.15) is 22.3 Å². The van der Waals surface area contributed by atoms with Crippen molar-refractivity contribution < 1.29 is 0 Å². The van der Waals surface area contributed by atoms with Crippen molar-refractivity contribution in [1.29, 1.82) is 0 Å². The molecule has 27 heavy (non-hydrogen) atoms. The number of rotatable bonds is 0. The van der Waals surface area contributed by atoms with E-state index < -0.39 is 0 Å². The number of aromatic amines is 1. The molecule has 5 aromatic rings. The molecule has 1 nitrogen and oxygen atoms in total. The Morgan fingerprint density at radius 1 is 0.481 bits per heavy atom. The predicted octanol–water partition coefficient (Wildman–Crippen LogP) is 6.46. The van der Waals surface area contributed by atoms with Crippen LogP contribution in [0.2, 0.25) is 0 Å². The minimum absolute atomic E-state index is 1.04. The second kappa shape index (κ2) is 4.69. The van der Waals surface area contributed by atoms with E-state index in [0.717, 1.165) is 12.8 Å². The van der Waals surface area contributed by atoms with E-state index in [1.165, 1.54) is 66.3 Å². The molecular weight excluding hydrogens is 326 g/mol. The van der Waals surface area contributed by atoms with Gasteiger partial charge in [0.05, 0.1) is 0 Å². The summed E-state index contributed by atoms with van der Waals surface area (Å²) in [6.45, 7) is 0. The van der Waals surface area contributed by atoms with Crippen LogP contribution >= 0.6 is 0 Å². The van der Waals surface area contributed by atoms with Crippen LogP contribution in [0.3, 0.4) is 0 Å². The summed E-state index contributed by atoms with van der Waals surface area (Å²) in [5, 5.41) is 2.68. The van der Waals surface area contributed by atoms with Gasteiger partial charge >= 0.3 is 0 Å². The molecule has 0 radical (unpaired) electrons. The fourth-order valence-corrected chi connectivity index (χ4v) is 5.17. The van der Waals surface area contributed by atoms with Crippen LogP contribution < -0.4 is 0 Å². The van der Waals surface area contributed by atoms with Crippen LogP contribution in [-0.4, -0.2) is 4.98 Å². The summed E-state index contributed by atoms with van der Waals surface area (Å²) in [6.07, 6.45) is 2.08. The van der Waals surface area contributed by atoms with Crippen LogP contribution in [0.15, 0.2) is 72.8 Å². The van der Waals surface area contributed by atoms with Crippen molar-refractivity contribution in [3.63, 3.8) is 0 Å². The highest BCUT2D eigenvalue weighted by Gasteiger charge is 2.22. The zero-order chi connectivity index (χ0) is 17.5. The zero-order valence-corrected chi connectivity index (χ0v) is 14.8. The first-order valence-electron chi connectivity index (χ1n) is 9.63. The Balaban J connectivity index is 1.54. The van der Waals surface area contributed by atoms with E-state index >= 15 is 0 Å². The molecule has 0 aliphatic heterocycles. The lowest BCUT2D eigenvalue weighted by molar-refractivity contribution is 1.26. The largest absolute Gasteiger partial charge is 0.354 e. The lowest BCUT2D eigenvalue weighted by atomic mass is 10.00. The van der Waals surface area contributed by atoms with Gasteiger partial charge in [-0.15, -0.1) is 0 Å². The standard InChI is InChI=1S/C26H17N/c1-3-7-19-15(5-1)9-17-11-25-23(13-21(17)19)24-14-22-18(12-26(24)27-25)10-16-6-2-4-8-20(16)22/h1-8,11-14,27H,9-10H2.